The van der Waals surface area contributed by atoms with Crippen molar-refractivity contribution in [3.05, 3.63) is 0 Å². The molecule has 2 aliphatic heterocycles. The molecule has 5 heteroatoms. The van der Waals surface area contributed by atoms with Gasteiger partial charge in [0.15, 0.2) is 0 Å². The van der Waals surface area contributed by atoms with Gasteiger partial charge < -0.3 is 15.3 Å². The first-order chi connectivity index (χ1) is 9.50. The van der Waals surface area contributed by atoms with E-state index in [1.54, 1.807) is 4.90 Å². The Hall–Kier alpha value is -1.10. The van der Waals surface area contributed by atoms with E-state index < -0.39 is 11.4 Å². The standard InChI is InChI=1S/C15H26N2O3/c1-3-6-15(14(19)20)7-4-9-17(10-15)13(18)12-5-8-16-11(12)2/h11-12,16H,3-10H2,1-2H3,(H,19,20). The van der Waals surface area contributed by atoms with E-state index in [2.05, 4.69) is 5.32 Å². The van der Waals surface area contributed by atoms with Crippen molar-refractivity contribution in [2.75, 3.05) is 19.6 Å². The van der Waals surface area contributed by atoms with Crippen LogP contribution in [-0.2, 0) is 9.59 Å². The largest absolute Gasteiger partial charge is 0.481 e. The summed E-state index contributed by atoms with van der Waals surface area (Å²) in [7, 11) is 0. The van der Waals surface area contributed by atoms with Crippen LogP contribution in [-0.4, -0.2) is 47.6 Å². The van der Waals surface area contributed by atoms with E-state index in [1.165, 1.54) is 0 Å². The van der Waals surface area contributed by atoms with Gasteiger partial charge in [-0.15, -0.1) is 0 Å². The molecular formula is C15H26N2O3. The molecular weight excluding hydrogens is 256 g/mol. The number of carbonyl (C=O) groups excluding carboxylic acids is 1. The molecule has 114 valence electrons. The molecule has 5 nitrogen and oxygen atoms in total. The van der Waals surface area contributed by atoms with Crippen LogP contribution in [0.2, 0.25) is 0 Å². The molecule has 2 fully saturated rings. The Bertz CT molecular complexity index is 381. The van der Waals surface area contributed by atoms with E-state index in [1.807, 2.05) is 13.8 Å². The van der Waals surface area contributed by atoms with Gasteiger partial charge in [0, 0.05) is 19.1 Å². The Kier molecular flexibility index (Phi) is 4.68. The summed E-state index contributed by atoms with van der Waals surface area (Å²) in [5.41, 5.74) is -0.724. The van der Waals surface area contributed by atoms with Crippen molar-refractivity contribution < 1.29 is 14.7 Å². The highest BCUT2D eigenvalue weighted by Gasteiger charge is 2.44. The van der Waals surface area contributed by atoms with Gasteiger partial charge in [-0.3, -0.25) is 9.59 Å². The maximum absolute atomic E-state index is 12.6. The van der Waals surface area contributed by atoms with Crippen LogP contribution in [0.1, 0.15) is 46.0 Å². The lowest BCUT2D eigenvalue weighted by atomic mass is 9.76. The zero-order valence-electron chi connectivity index (χ0n) is 12.5. The fourth-order valence-corrected chi connectivity index (χ4v) is 3.71. The van der Waals surface area contributed by atoms with Crippen LogP contribution in [0, 0.1) is 11.3 Å². The van der Waals surface area contributed by atoms with E-state index in [0.29, 0.717) is 25.9 Å². The molecule has 20 heavy (non-hydrogen) atoms. The van der Waals surface area contributed by atoms with Gasteiger partial charge in [-0.05, 0) is 39.2 Å². The molecule has 0 aliphatic carbocycles. The number of amides is 1. The number of piperidine rings is 1. The molecule has 0 saturated carbocycles. The number of hydrogen-bond donors (Lipinski definition) is 2. The molecule has 1 amide bonds. The molecule has 3 atom stereocenters. The van der Waals surface area contributed by atoms with Crippen molar-refractivity contribution in [3.8, 4) is 0 Å². The zero-order chi connectivity index (χ0) is 14.8. The quantitative estimate of drug-likeness (QED) is 0.819. The summed E-state index contributed by atoms with van der Waals surface area (Å²) in [5.74, 6) is -0.584. The van der Waals surface area contributed by atoms with Gasteiger partial charge in [0.1, 0.15) is 0 Å². The number of nitrogens with one attached hydrogen (secondary N) is 1. The van der Waals surface area contributed by atoms with Crippen molar-refractivity contribution in [2.24, 2.45) is 11.3 Å². The third-order valence-corrected chi connectivity index (χ3v) is 4.91. The number of aliphatic carboxylic acids is 1. The Morgan fingerprint density at radius 2 is 2.20 bits per heavy atom. The SMILES string of the molecule is CCCC1(C(=O)O)CCCN(C(=O)C2CCNC2C)C1. The summed E-state index contributed by atoms with van der Waals surface area (Å²) in [4.78, 5) is 26.1. The molecule has 3 unspecified atom stereocenters. The number of likely N-dealkylation sites (tertiary alicyclic amines) is 1. The second kappa shape index (κ2) is 6.12. The van der Waals surface area contributed by atoms with Crippen molar-refractivity contribution in [1.29, 1.82) is 0 Å². The molecule has 2 heterocycles. The fraction of sp³-hybridized carbons (Fsp3) is 0.867. The van der Waals surface area contributed by atoms with Gasteiger partial charge in [0.2, 0.25) is 5.91 Å². The lowest BCUT2D eigenvalue weighted by molar-refractivity contribution is -0.156. The van der Waals surface area contributed by atoms with Gasteiger partial charge >= 0.3 is 5.97 Å². The van der Waals surface area contributed by atoms with Crippen molar-refractivity contribution in [3.63, 3.8) is 0 Å². The summed E-state index contributed by atoms with van der Waals surface area (Å²) in [6.45, 7) is 6.02. The minimum atomic E-state index is -0.741. The van der Waals surface area contributed by atoms with E-state index in [9.17, 15) is 14.7 Å². The normalized spacial score (nSPS) is 34.2. The van der Waals surface area contributed by atoms with Gasteiger partial charge in [-0.1, -0.05) is 13.3 Å². The fourth-order valence-electron chi connectivity index (χ4n) is 3.71. The van der Waals surface area contributed by atoms with Crippen LogP contribution in [0.4, 0.5) is 0 Å². The van der Waals surface area contributed by atoms with Crippen LogP contribution in [0.5, 0.6) is 0 Å². The minimum Gasteiger partial charge on any atom is -0.481 e. The highest BCUT2D eigenvalue weighted by molar-refractivity contribution is 5.82. The van der Waals surface area contributed by atoms with Crippen molar-refractivity contribution in [2.45, 2.75) is 52.0 Å². The number of carboxylic acid groups (broad SMARTS) is 1. The molecule has 0 aromatic carbocycles. The van der Waals surface area contributed by atoms with Gasteiger partial charge in [0.05, 0.1) is 11.3 Å². The van der Waals surface area contributed by atoms with E-state index in [0.717, 1.165) is 25.8 Å². The molecule has 0 bridgehead atoms. The van der Waals surface area contributed by atoms with Gasteiger partial charge in [0.25, 0.3) is 0 Å². The summed E-state index contributed by atoms with van der Waals surface area (Å²) >= 11 is 0. The Labute approximate surface area is 120 Å². The molecule has 0 aromatic rings. The molecule has 0 radical (unpaired) electrons. The van der Waals surface area contributed by atoms with Crippen molar-refractivity contribution >= 4 is 11.9 Å². The first-order valence-electron chi connectivity index (χ1n) is 7.76. The Balaban J connectivity index is 2.09. The number of carbonyl (C=O) groups is 2. The smallest absolute Gasteiger partial charge is 0.311 e. The minimum absolute atomic E-state index is 0.0150. The highest BCUT2D eigenvalue weighted by atomic mass is 16.4. The maximum Gasteiger partial charge on any atom is 0.311 e. The van der Waals surface area contributed by atoms with Crippen LogP contribution >= 0.6 is 0 Å². The average molecular weight is 282 g/mol. The first kappa shape index (κ1) is 15.3. The third kappa shape index (κ3) is 2.82. The molecule has 2 N–H and O–H groups in total. The summed E-state index contributed by atoms with van der Waals surface area (Å²) < 4.78 is 0. The molecule has 0 spiro atoms. The number of hydrogen-bond acceptors (Lipinski definition) is 3. The second-order valence-electron chi connectivity index (χ2n) is 6.34. The number of rotatable bonds is 4. The predicted molar refractivity (Wildman–Crippen MR) is 76.4 cm³/mol. The zero-order valence-corrected chi connectivity index (χ0v) is 12.5. The van der Waals surface area contributed by atoms with E-state index in [-0.39, 0.29) is 17.9 Å². The summed E-state index contributed by atoms with van der Waals surface area (Å²) in [6, 6.07) is 0.204. The van der Waals surface area contributed by atoms with Crippen LogP contribution in [0.25, 0.3) is 0 Å². The predicted octanol–water partition coefficient (Wildman–Crippen LogP) is 1.48. The summed E-state index contributed by atoms with van der Waals surface area (Å²) in [5, 5.41) is 12.9. The lowest BCUT2D eigenvalue weighted by Gasteiger charge is -2.41. The van der Waals surface area contributed by atoms with E-state index >= 15 is 0 Å². The topological polar surface area (TPSA) is 69.6 Å². The van der Waals surface area contributed by atoms with E-state index in [4.69, 9.17) is 0 Å². The maximum atomic E-state index is 12.6. The van der Waals surface area contributed by atoms with Crippen LogP contribution < -0.4 is 5.32 Å². The summed E-state index contributed by atoms with van der Waals surface area (Å²) in [6.07, 6.45) is 3.86. The van der Waals surface area contributed by atoms with Gasteiger partial charge in [-0.25, -0.2) is 0 Å². The number of nitrogens with zero attached hydrogens (tertiary/aromatic N) is 1. The van der Waals surface area contributed by atoms with Crippen LogP contribution in [0.3, 0.4) is 0 Å². The highest BCUT2D eigenvalue weighted by Crippen LogP contribution is 2.36. The monoisotopic (exact) mass is 282 g/mol. The molecule has 0 aromatic heterocycles. The lowest BCUT2D eigenvalue weighted by Crippen LogP contribution is -2.52. The molecule has 2 saturated heterocycles. The number of carboxylic acids is 1. The Morgan fingerprint density at radius 3 is 2.75 bits per heavy atom. The molecule has 2 rings (SSSR count). The molecule has 2 aliphatic rings. The van der Waals surface area contributed by atoms with Gasteiger partial charge in [-0.2, -0.15) is 0 Å². The average Bonchev–Trinajstić information content (AvgIpc) is 2.84. The Morgan fingerprint density at radius 1 is 1.45 bits per heavy atom. The first-order valence-corrected chi connectivity index (χ1v) is 7.76. The van der Waals surface area contributed by atoms with Crippen molar-refractivity contribution in [1.82, 2.24) is 10.2 Å². The van der Waals surface area contributed by atoms with Crippen LogP contribution in [0.15, 0.2) is 0 Å². The third-order valence-electron chi connectivity index (χ3n) is 4.91. The second-order valence-corrected chi connectivity index (χ2v) is 6.34.